The number of carbonyl (C=O) groups excluding carboxylic acids is 5. The molecular weight excluding hydrogens is 620 g/mol. The van der Waals surface area contributed by atoms with Crippen molar-refractivity contribution in [1.82, 2.24) is 10.4 Å². The highest BCUT2D eigenvalue weighted by Gasteiger charge is 2.62. The number of fused-ring (bicyclic) bond motifs is 5. The normalized spacial score (nSPS) is 19.0. The number of aromatic nitrogens is 1. The molecule has 14 nitrogen and oxygen atoms in total. The molecule has 0 bridgehead atoms. The van der Waals surface area contributed by atoms with E-state index in [-0.39, 0.29) is 39.3 Å². The largest absolute Gasteiger partial charge is 0.507 e. The first-order chi connectivity index (χ1) is 19.9. The van der Waals surface area contributed by atoms with Gasteiger partial charge in [-0.2, -0.15) is 5.10 Å². The molecule has 0 saturated heterocycles. The predicted molar refractivity (Wildman–Crippen MR) is 146 cm³/mol. The molecule has 1 heterocycles. The van der Waals surface area contributed by atoms with Gasteiger partial charge in [-0.3, -0.25) is 24.0 Å². The molecule has 3 aliphatic carbocycles. The zero-order chi connectivity index (χ0) is 30.4. The third kappa shape index (κ3) is 3.21. The number of phenolic OH excluding ortho intramolecular Hbond substituents is 3. The number of nitrogens with zero attached hydrogens (tertiary/aromatic N) is 1. The molecule has 1 atom stereocenters. The lowest BCUT2D eigenvalue weighted by Crippen LogP contribution is -2.36. The number of methoxy groups -OCH3 is 1. The standard InChI is InChI=1S/C27H17BrN4O10/c1-42-11-5-10(33)13-14(19(11)34)21(36)16-15(20(13)35)23(38)27(24(16)39)3-2-8-17(27)22(37)12-9(18(8)28)4-7(31-25(12)40)6-30-32-26(29)41/h4-6,35-37H,2-3H2,1H3,(H,31,40)(H3,29,32,41)/t27-/m0/s1. The number of allylic oxidation sites excluding steroid dienone is 2. The first kappa shape index (κ1) is 26.9. The van der Waals surface area contributed by atoms with E-state index in [2.05, 4.69) is 26.0 Å². The van der Waals surface area contributed by atoms with Crippen molar-refractivity contribution >= 4 is 62.1 Å². The van der Waals surface area contributed by atoms with Gasteiger partial charge in [0.2, 0.25) is 5.78 Å². The molecule has 212 valence electrons. The fourth-order valence-electron chi connectivity index (χ4n) is 6.04. The predicted octanol–water partition coefficient (Wildman–Crippen LogP) is 1.58. The molecule has 6 rings (SSSR count). The second-order valence-corrected chi connectivity index (χ2v) is 10.6. The van der Waals surface area contributed by atoms with Gasteiger partial charge in [0.25, 0.3) is 5.56 Å². The van der Waals surface area contributed by atoms with Crippen molar-refractivity contribution in [2.24, 2.45) is 10.8 Å². The summed E-state index contributed by atoms with van der Waals surface area (Å²) in [5.41, 5.74) is 1.45. The molecular formula is C27H17BrN4O10. The summed E-state index contributed by atoms with van der Waals surface area (Å²) in [6.45, 7) is 0. The van der Waals surface area contributed by atoms with Gasteiger partial charge in [0, 0.05) is 21.5 Å². The number of nitrogens with two attached hydrogens (primary N) is 1. The summed E-state index contributed by atoms with van der Waals surface area (Å²) >= 11 is 3.42. The molecule has 0 saturated carbocycles. The summed E-state index contributed by atoms with van der Waals surface area (Å²) in [6.07, 6.45) is 1.71. The Bertz CT molecular complexity index is 2030. The first-order valence-corrected chi connectivity index (χ1v) is 12.9. The molecule has 1 spiro atoms. The third-order valence-corrected chi connectivity index (χ3v) is 8.65. The number of aromatic hydroxyl groups is 3. The van der Waals surface area contributed by atoms with Crippen molar-refractivity contribution in [3.63, 3.8) is 0 Å². The number of benzene rings is 2. The zero-order valence-electron chi connectivity index (χ0n) is 21.2. The van der Waals surface area contributed by atoms with Crippen molar-refractivity contribution in [1.29, 1.82) is 0 Å². The van der Waals surface area contributed by atoms with Crippen molar-refractivity contribution < 1.29 is 44.0 Å². The van der Waals surface area contributed by atoms with E-state index >= 15 is 0 Å². The smallest absolute Gasteiger partial charge is 0.332 e. The maximum Gasteiger partial charge on any atom is 0.332 e. The van der Waals surface area contributed by atoms with Crippen LogP contribution in [0.25, 0.3) is 10.8 Å². The summed E-state index contributed by atoms with van der Waals surface area (Å²) in [5.74, 6) is -7.02. The molecule has 2 aromatic carbocycles. The van der Waals surface area contributed by atoms with E-state index in [0.29, 0.717) is 5.56 Å². The Morgan fingerprint density at radius 1 is 1.07 bits per heavy atom. The van der Waals surface area contributed by atoms with Gasteiger partial charge in [0.1, 0.15) is 22.7 Å². The number of amides is 2. The highest BCUT2D eigenvalue weighted by atomic mass is 79.9. The van der Waals surface area contributed by atoms with E-state index in [1.165, 1.54) is 6.07 Å². The number of H-pyrrole nitrogens is 1. The number of ether oxygens (including phenoxy) is 1. The number of halogens is 1. The van der Waals surface area contributed by atoms with Crippen LogP contribution in [0.15, 0.2) is 32.3 Å². The van der Waals surface area contributed by atoms with Crippen molar-refractivity contribution in [3.05, 3.63) is 71.8 Å². The Balaban J connectivity index is 1.59. The number of primary amides is 1. The van der Waals surface area contributed by atoms with Gasteiger partial charge < -0.3 is 30.8 Å². The minimum Gasteiger partial charge on any atom is -0.507 e. The average Bonchev–Trinajstić information content (AvgIpc) is 3.44. The summed E-state index contributed by atoms with van der Waals surface area (Å²) in [6, 6.07) is 0.485. The molecule has 0 aliphatic heterocycles. The van der Waals surface area contributed by atoms with Crippen LogP contribution in [0.4, 0.5) is 4.79 Å². The Hall–Kier alpha value is -5.31. The Kier molecular flexibility index (Phi) is 5.66. The maximum absolute atomic E-state index is 14.1. The fourth-order valence-corrected chi connectivity index (χ4v) is 6.75. The van der Waals surface area contributed by atoms with Crippen LogP contribution in [0.3, 0.4) is 0 Å². The van der Waals surface area contributed by atoms with E-state index in [9.17, 15) is 44.1 Å². The Labute approximate surface area is 241 Å². The molecule has 3 aromatic rings. The number of urea groups is 1. The molecule has 15 heteroatoms. The Morgan fingerprint density at radius 3 is 2.33 bits per heavy atom. The van der Waals surface area contributed by atoms with Crippen LogP contribution in [-0.4, -0.2) is 62.8 Å². The third-order valence-electron chi connectivity index (χ3n) is 7.74. The summed E-state index contributed by atoms with van der Waals surface area (Å²) in [7, 11) is 1.12. The van der Waals surface area contributed by atoms with Crippen LogP contribution < -0.4 is 16.7 Å². The topological polar surface area (TPSA) is 239 Å². The highest BCUT2D eigenvalue weighted by Crippen LogP contribution is 2.58. The number of carbonyl (C=O) groups is 5. The number of hydrazone groups is 1. The number of phenols is 3. The number of rotatable bonds is 3. The van der Waals surface area contributed by atoms with Gasteiger partial charge >= 0.3 is 6.03 Å². The van der Waals surface area contributed by atoms with E-state index in [4.69, 9.17) is 10.5 Å². The molecule has 2 amide bonds. The Morgan fingerprint density at radius 2 is 1.71 bits per heavy atom. The van der Waals surface area contributed by atoms with Gasteiger partial charge in [-0.25, -0.2) is 10.2 Å². The number of pyridine rings is 1. The lowest BCUT2D eigenvalue weighted by molar-refractivity contribution is 0.0790. The zero-order valence-corrected chi connectivity index (χ0v) is 22.8. The number of hydrogen-bond donors (Lipinski definition) is 6. The van der Waals surface area contributed by atoms with Crippen LogP contribution in [-0.2, 0) is 16.6 Å². The lowest BCUT2D eigenvalue weighted by atomic mass is 9.76. The van der Waals surface area contributed by atoms with E-state index in [1.54, 1.807) is 0 Å². The summed E-state index contributed by atoms with van der Waals surface area (Å²) in [5, 5.41) is 37.1. The maximum atomic E-state index is 14.1. The molecule has 0 radical (unpaired) electrons. The van der Waals surface area contributed by atoms with E-state index in [0.717, 1.165) is 19.4 Å². The second kappa shape index (κ2) is 8.84. The van der Waals surface area contributed by atoms with Crippen LogP contribution in [0.2, 0.25) is 0 Å². The minimum atomic E-state index is -2.18. The first-order valence-electron chi connectivity index (χ1n) is 12.1. The number of Topliss-reactive ketones (excluding diaryl/α,β-unsaturated/α-hetero) is 3. The number of aromatic amines is 1. The van der Waals surface area contributed by atoms with Crippen LogP contribution in [0.5, 0.6) is 17.2 Å². The molecule has 0 unspecified atom stereocenters. The van der Waals surface area contributed by atoms with Gasteiger partial charge in [-0.05, 0) is 40.4 Å². The second-order valence-electron chi connectivity index (χ2n) is 9.76. The van der Waals surface area contributed by atoms with E-state index < -0.39 is 85.4 Å². The van der Waals surface area contributed by atoms with Crippen LogP contribution in [0, 0.1) is 0 Å². The summed E-state index contributed by atoms with van der Waals surface area (Å²) < 4.78 is 5.17. The van der Waals surface area contributed by atoms with Crippen LogP contribution in [0.1, 0.15) is 64.7 Å². The van der Waals surface area contributed by atoms with Crippen LogP contribution >= 0.6 is 15.9 Å². The molecule has 42 heavy (non-hydrogen) atoms. The van der Waals surface area contributed by atoms with Gasteiger partial charge in [-0.1, -0.05) is 0 Å². The minimum absolute atomic E-state index is 0.0405. The molecule has 1 aromatic heterocycles. The summed E-state index contributed by atoms with van der Waals surface area (Å²) in [4.78, 5) is 80.4. The van der Waals surface area contributed by atoms with Crippen molar-refractivity contribution in [2.45, 2.75) is 18.3 Å². The van der Waals surface area contributed by atoms with Gasteiger partial charge in [0.15, 0.2) is 23.1 Å². The number of ketones is 4. The average molecular weight is 637 g/mol. The SMILES string of the molecule is COC1=CC(=O)c2c(O)c3c(c(O)c2C1=O)C(=O)[C@]1(CCc2c1c(O)c1c(=O)[nH]c(C=NNC(N)=O)cc1c2Br)C3=O. The monoisotopic (exact) mass is 636 g/mol. The fraction of sp³-hybridized carbons (Fsp3) is 0.148. The van der Waals surface area contributed by atoms with Crippen molar-refractivity contribution in [2.75, 3.05) is 7.11 Å². The van der Waals surface area contributed by atoms with Gasteiger partial charge in [-0.15, -0.1) is 0 Å². The lowest BCUT2D eigenvalue weighted by Gasteiger charge is -2.23. The highest BCUT2D eigenvalue weighted by molar-refractivity contribution is 9.10. The van der Waals surface area contributed by atoms with E-state index in [1.807, 2.05) is 5.43 Å². The molecule has 7 N–H and O–H groups in total. The van der Waals surface area contributed by atoms with Crippen molar-refractivity contribution in [3.8, 4) is 17.2 Å². The number of hydrogen-bond acceptors (Lipinski definition) is 11. The number of nitrogens with one attached hydrogen (secondary N) is 2. The molecule has 0 fully saturated rings. The quantitative estimate of drug-likeness (QED) is 0.105. The van der Waals surface area contributed by atoms with Gasteiger partial charge in [0.05, 0.1) is 46.7 Å². The molecule has 3 aliphatic rings.